The third-order valence-corrected chi connectivity index (χ3v) is 6.08. The fourth-order valence-electron chi connectivity index (χ4n) is 4.28. The number of fused-ring (bicyclic) bond motifs is 1. The number of rotatable bonds is 8. The van der Waals surface area contributed by atoms with Crippen molar-refractivity contribution < 1.29 is 4.79 Å². The van der Waals surface area contributed by atoms with Gasteiger partial charge < -0.3 is 4.98 Å². The van der Waals surface area contributed by atoms with Crippen LogP contribution in [0.15, 0.2) is 83.7 Å². The van der Waals surface area contributed by atoms with Crippen LogP contribution in [-0.4, -0.2) is 30.5 Å². The molecule has 7 nitrogen and oxygen atoms in total. The van der Waals surface area contributed by atoms with E-state index in [0.717, 1.165) is 28.5 Å². The first-order valence-corrected chi connectivity index (χ1v) is 11.7. The van der Waals surface area contributed by atoms with Gasteiger partial charge in [-0.15, -0.1) is 10.2 Å². The molecule has 0 aliphatic heterocycles. The molecule has 35 heavy (non-hydrogen) atoms. The first-order chi connectivity index (χ1) is 17.1. The lowest BCUT2D eigenvalue weighted by Crippen LogP contribution is -2.14. The van der Waals surface area contributed by atoms with Gasteiger partial charge in [0.1, 0.15) is 17.5 Å². The Bertz CT molecular complexity index is 1550. The molecule has 0 atom stereocenters. The van der Waals surface area contributed by atoms with Crippen molar-refractivity contribution in [3.63, 3.8) is 0 Å². The van der Waals surface area contributed by atoms with Gasteiger partial charge in [-0.2, -0.15) is 0 Å². The van der Waals surface area contributed by atoms with E-state index in [0.29, 0.717) is 42.4 Å². The van der Waals surface area contributed by atoms with Gasteiger partial charge >= 0.3 is 0 Å². The van der Waals surface area contributed by atoms with Crippen LogP contribution in [0, 0.1) is 6.92 Å². The first kappa shape index (κ1) is 22.4. The number of ketones is 1. The molecule has 2 heterocycles. The zero-order chi connectivity index (χ0) is 24.2. The minimum Gasteiger partial charge on any atom is -0.310 e. The number of aromatic amines is 1. The second-order valence-corrected chi connectivity index (χ2v) is 8.47. The van der Waals surface area contributed by atoms with Crippen molar-refractivity contribution in [1.82, 2.24) is 24.7 Å². The second kappa shape index (κ2) is 9.85. The minimum absolute atomic E-state index is 0.0881. The predicted molar refractivity (Wildman–Crippen MR) is 135 cm³/mol. The average Bonchev–Trinajstić information content (AvgIpc) is 3.29. The van der Waals surface area contributed by atoms with Crippen molar-refractivity contribution >= 4 is 16.7 Å². The second-order valence-electron chi connectivity index (χ2n) is 8.47. The Morgan fingerprint density at radius 3 is 2.31 bits per heavy atom. The Kier molecular flexibility index (Phi) is 6.30. The summed E-state index contributed by atoms with van der Waals surface area (Å²) in [5.41, 5.74) is 3.17. The Labute approximate surface area is 202 Å². The molecule has 0 aliphatic rings. The van der Waals surface area contributed by atoms with E-state index in [4.69, 9.17) is 0 Å². The van der Waals surface area contributed by atoms with Crippen molar-refractivity contribution in [2.75, 3.05) is 0 Å². The van der Waals surface area contributed by atoms with Crippen LogP contribution in [0.1, 0.15) is 39.8 Å². The summed E-state index contributed by atoms with van der Waals surface area (Å²) in [5.74, 6) is 2.18. The van der Waals surface area contributed by atoms with Crippen molar-refractivity contribution in [3.05, 3.63) is 118 Å². The molecule has 5 aromatic rings. The third kappa shape index (κ3) is 4.80. The van der Waals surface area contributed by atoms with E-state index in [-0.39, 0.29) is 11.3 Å². The lowest BCUT2D eigenvalue weighted by molar-refractivity contribution is 0.0981. The van der Waals surface area contributed by atoms with Crippen LogP contribution in [0.25, 0.3) is 16.6 Å². The molecular weight excluding hydrogens is 438 g/mol. The van der Waals surface area contributed by atoms with Gasteiger partial charge in [-0.1, -0.05) is 54.6 Å². The van der Waals surface area contributed by atoms with E-state index in [9.17, 15) is 9.59 Å². The molecule has 0 saturated carbocycles. The highest BCUT2D eigenvalue weighted by Crippen LogP contribution is 2.18. The largest absolute Gasteiger partial charge is 0.310 e. The van der Waals surface area contributed by atoms with Crippen molar-refractivity contribution in [2.24, 2.45) is 0 Å². The number of carbonyl (C=O) groups excluding carboxylic acids is 1. The highest BCUT2D eigenvalue weighted by Gasteiger charge is 2.17. The Hall–Kier alpha value is -4.39. The molecule has 5 rings (SSSR count). The van der Waals surface area contributed by atoms with Gasteiger partial charge in [-0.05, 0) is 36.8 Å². The molecule has 0 amide bonds. The SMILES string of the molecule is Cc1ccccc1C(=O)CCc1nnc(CCc2nc3ccccc3c(=O)[nH]2)n1-c1ccccc1. The number of aromatic nitrogens is 5. The number of H-pyrrole nitrogens is 1. The molecule has 0 fully saturated rings. The summed E-state index contributed by atoms with van der Waals surface area (Å²) >= 11 is 0. The molecule has 0 aliphatic carbocycles. The van der Waals surface area contributed by atoms with Crippen LogP contribution in [0.3, 0.4) is 0 Å². The average molecular weight is 464 g/mol. The van der Waals surface area contributed by atoms with Crippen LogP contribution < -0.4 is 5.56 Å². The lowest BCUT2D eigenvalue weighted by atomic mass is 10.0. The maximum absolute atomic E-state index is 12.8. The van der Waals surface area contributed by atoms with E-state index in [1.807, 2.05) is 84.3 Å². The molecule has 0 bridgehead atoms. The normalized spacial score (nSPS) is 11.1. The van der Waals surface area contributed by atoms with Gasteiger partial charge in [-0.3, -0.25) is 14.2 Å². The fourth-order valence-corrected chi connectivity index (χ4v) is 4.28. The number of Topliss-reactive ketones (excluding diaryl/α,β-unsaturated/α-hetero) is 1. The molecule has 7 heteroatoms. The standard InChI is InChI=1S/C28H25N5O2/c1-19-9-5-6-12-21(19)24(34)15-17-26-31-32-27(33(26)20-10-3-2-4-11-20)18-16-25-29-23-14-8-7-13-22(23)28(35)30-25/h2-14H,15-18H2,1H3,(H,29,30,35). The van der Waals surface area contributed by atoms with Crippen LogP contribution in [-0.2, 0) is 19.3 Å². The van der Waals surface area contributed by atoms with Gasteiger partial charge in [-0.25, -0.2) is 4.98 Å². The molecule has 0 unspecified atom stereocenters. The zero-order valence-electron chi connectivity index (χ0n) is 19.4. The summed E-state index contributed by atoms with van der Waals surface area (Å²) in [6, 6.07) is 24.8. The van der Waals surface area contributed by atoms with Crippen LogP contribution in [0.5, 0.6) is 0 Å². The zero-order valence-corrected chi connectivity index (χ0v) is 19.4. The summed E-state index contributed by atoms with van der Waals surface area (Å²) in [6.45, 7) is 1.95. The molecule has 1 N–H and O–H groups in total. The summed E-state index contributed by atoms with van der Waals surface area (Å²) in [4.78, 5) is 32.8. The maximum Gasteiger partial charge on any atom is 0.258 e. The number of hydrogen-bond acceptors (Lipinski definition) is 5. The van der Waals surface area contributed by atoms with Gasteiger partial charge in [0.15, 0.2) is 5.78 Å². The number of nitrogens with zero attached hydrogens (tertiary/aromatic N) is 4. The lowest BCUT2D eigenvalue weighted by Gasteiger charge is -2.11. The van der Waals surface area contributed by atoms with E-state index in [2.05, 4.69) is 20.2 Å². The number of aryl methyl sites for hydroxylation is 4. The van der Waals surface area contributed by atoms with E-state index >= 15 is 0 Å². The summed E-state index contributed by atoms with van der Waals surface area (Å²) in [5, 5.41) is 9.44. The molecule has 174 valence electrons. The van der Waals surface area contributed by atoms with E-state index < -0.39 is 0 Å². The fraction of sp³-hybridized carbons (Fsp3) is 0.179. The number of carbonyl (C=O) groups is 1. The summed E-state index contributed by atoms with van der Waals surface area (Å²) < 4.78 is 2.00. The number of para-hydroxylation sites is 2. The molecule has 0 spiro atoms. The van der Waals surface area contributed by atoms with Gasteiger partial charge in [0.25, 0.3) is 5.56 Å². The first-order valence-electron chi connectivity index (χ1n) is 11.7. The summed E-state index contributed by atoms with van der Waals surface area (Å²) in [7, 11) is 0. The Morgan fingerprint density at radius 2 is 1.51 bits per heavy atom. The molecular formula is C28H25N5O2. The Morgan fingerprint density at radius 1 is 0.829 bits per heavy atom. The number of hydrogen-bond donors (Lipinski definition) is 1. The molecule has 0 radical (unpaired) electrons. The van der Waals surface area contributed by atoms with Gasteiger partial charge in [0.05, 0.1) is 10.9 Å². The highest BCUT2D eigenvalue weighted by atomic mass is 16.1. The molecule has 0 saturated heterocycles. The van der Waals surface area contributed by atoms with Crippen molar-refractivity contribution in [1.29, 1.82) is 0 Å². The van der Waals surface area contributed by atoms with Gasteiger partial charge in [0.2, 0.25) is 0 Å². The van der Waals surface area contributed by atoms with Gasteiger partial charge in [0, 0.05) is 36.9 Å². The van der Waals surface area contributed by atoms with Crippen molar-refractivity contribution in [2.45, 2.75) is 32.6 Å². The van der Waals surface area contributed by atoms with Crippen LogP contribution in [0.4, 0.5) is 0 Å². The number of nitrogens with one attached hydrogen (secondary N) is 1. The Balaban J connectivity index is 1.40. The van der Waals surface area contributed by atoms with E-state index in [1.165, 1.54) is 0 Å². The maximum atomic E-state index is 12.8. The quantitative estimate of drug-likeness (QED) is 0.344. The number of benzene rings is 3. The smallest absolute Gasteiger partial charge is 0.258 e. The molecule has 2 aromatic heterocycles. The van der Waals surface area contributed by atoms with E-state index in [1.54, 1.807) is 6.07 Å². The monoisotopic (exact) mass is 463 g/mol. The van der Waals surface area contributed by atoms with Crippen LogP contribution in [0.2, 0.25) is 0 Å². The summed E-state index contributed by atoms with van der Waals surface area (Å²) in [6.07, 6.45) is 1.86. The predicted octanol–water partition coefficient (Wildman–Crippen LogP) is 4.41. The highest BCUT2D eigenvalue weighted by molar-refractivity contribution is 5.97. The molecule has 3 aromatic carbocycles. The topological polar surface area (TPSA) is 93.5 Å². The van der Waals surface area contributed by atoms with Crippen molar-refractivity contribution in [3.8, 4) is 5.69 Å². The third-order valence-electron chi connectivity index (χ3n) is 6.08. The minimum atomic E-state index is -0.148. The van der Waals surface area contributed by atoms with Crippen LogP contribution >= 0.6 is 0 Å².